The molecule has 0 aliphatic rings. The molecule has 0 bridgehead atoms. The van der Waals surface area contributed by atoms with Gasteiger partial charge in [-0.1, -0.05) is 6.07 Å². The van der Waals surface area contributed by atoms with Crippen molar-refractivity contribution in [1.29, 1.82) is 5.26 Å². The lowest BCUT2D eigenvalue weighted by molar-refractivity contribution is -0.114. The van der Waals surface area contributed by atoms with E-state index in [0.717, 1.165) is 33.7 Å². The molecule has 8 heteroatoms. The van der Waals surface area contributed by atoms with Crippen LogP contribution in [0.25, 0.3) is 27.9 Å². The van der Waals surface area contributed by atoms with Gasteiger partial charge >= 0.3 is 0 Å². The molecule has 0 aliphatic carbocycles. The number of fused-ring (bicyclic) bond motifs is 2. The number of primary amides is 1. The van der Waals surface area contributed by atoms with Crippen LogP contribution < -0.4 is 5.73 Å². The number of nitrogens with zero attached hydrogens (tertiary/aromatic N) is 3. The van der Waals surface area contributed by atoms with Crippen LogP contribution in [0.5, 0.6) is 0 Å². The molecule has 0 saturated heterocycles. The van der Waals surface area contributed by atoms with Crippen LogP contribution in [0, 0.1) is 11.3 Å². The van der Waals surface area contributed by atoms with Crippen LogP contribution in [0.3, 0.4) is 0 Å². The van der Waals surface area contributed by atoms with E-state index < -0.39 is 5.91 Å². The number of rotatable bonds is 3. The predicted octanol–water partition coefficient (Wildman–Crippen LogP) is 2.33. The molecule has 2 heterocycles. The minimum atomic E-state index is -0.727. The lowest BCUT2D eigenvalue weighted by atomic mass is 10.1. The Kier molecular flexibility index (Phi) is 5.05. The molecule has 2 aromatic carbocycles. The van der Waals surface area contributed by atoms with Gasteiger partial charge in [-0.25, -0.2) is 0 Å². The molecule has 0 unspecified atom stereocenters. The summed E-state index contributed by atoms with van der Waals surface area (Å²) in [7, 11) is 0. The van der Waals surface area contributed by atoms with Gasteiger partial charge in [-0.15, -0.1) is 0 Å². The van der Waals surface area contributed by atoms with E-state index in [4.69, 9.17) is 11.0 Å². The van der Waals surface area contributed by atoms with Gasteiger partial charge in [-0.05, 0) is 42.0 Å². The summed E-state index contributed by atoms with van der Waals surface area (Å²) in [6.45, 7) is 0. The molecule has 0 fully saturated rings. The number of benzene rings is 2. The van der Waals surface area contributed by atoms with Crippen molar-refractivity contribution < 1.29 is 9.59 Å². The lowest BCUT2D eigenvalue weighted by Gasteiger charge is -1.95. The molecule has 4 rings (SSSR count). The molecule has 4 N–H and O–H groups in total. The Balaban J connectivity index is 0.000000166. The average molecular weight is 358 g/mol. The normalized spacial score (nSPS) is 10.9. The third kappa shape index (κ3) is 4.05. The molecule has 0 atom stereocenters. The van der Waals surface area contributed by atoms with E-state index in [2.05, 4.69) is 20.4 Å². The van der Waals surface area contributed by atoms with Crippen molar-refractivity contribution >= 4 is 40.1 Å². The Bertz CT molecular complexity index is 1200. The summed E-state index contributed by atoms with van der Waals surface area (Å²) >= 11 is 0. The Morgan fingerprint density at radius 3 is 2.07 bits per heavy atom. The molecule has 8 nitrogen and oxygen atoms in total. The van der Waals surface area contributed by atoms with E-state index in [1.165, 1.54) is 6.08 Å². The van der Waals surface area contributed by atoms with Crippen LogP contribution in [-0.4, -0.2) is 32.6 Å². The fourth-order valence-corrected chi connectivity index (χ4v) is 2.41. The zero-order chi connectivity index (χ0) is 19.2. The van der Waals surface area contributed by atoms with E-state index in [0.29, 0.717) is 5.56 Å². The van der Waals surface area contributed by atoms with Crippen molar-refractivity contribution in [3.8, 4) is 6.07 Å². The fourth-order valence-electron chi connectivity index (χ4n) is 2.41. The summed E-state index contributed by atoms with van der Waals surface area (Å²) in [5.41, 5.74) is 8.24. The van der Waals surface area contributed by atoms with E-state index >= 15 is 0 Å². The fraction of sp³-hybridized carbons (Fsp3) is 0. The topological polar surface area (TPSA) is 141 Å². The van der Waals surface area contributed by atoms with Gasteiger partial charge in [0.05, 0.1) is 23.4 Å². The number of nitriles is 1. The Labute approximate surface area is 153 Å². The van der Waals surface area contributed by atoms with Crippen LogP contribution in [-0.2, 0) is 4.79 Å². The molecular weight excluding hydrogens is 344 g/mol. The number of amides is 1. The standard InChI is InChI=1S/C11H8N4O.C8H6N2O/c12-5-8(11(13)16)3-7-1-2-10-9(4-7)6-14-15-10;11-5-6-1-2-8-7(3-6)4-9-10-8/h1-4,6H,(H2,13,16)(H,14,15);1-5H,(H,9,10)/b8-3+;. The van der Waals surface area contributed by atoms with E-state index in [-0.39, 0.29) is 5.57 Å². The van der Waals surface area contributed by atoms with Crippen molar-refractivity contribution in [3.63, 3.8) is 0 Å². The first kappa shape index (κ1) is 17.6. The van der Waals surface area contributed by atoms with E-state index in [1.54, 1.807) is 36.7 Å². The second-order valence-electron chi connectivity index (χ2n) is 5.59. The first-order valence-corrected chi connectivity index (χ1v) is 7.84. The van der Waals surface area contributed by atoms with Gasteiger partial charge in [0, 0.05) is 16.3 Å². The second kappa shape index (κ2) is 7.76. The smallest absolute Gasteiger partial charge is 0.259 e. The van der Waals surface area contributed by atoms with Gasteiger partial charge in [0.15, 0.2) is 0 Å². The summed E-state index contributed by atoms with van der Waals surface area (Å²) < 4.78 is 0. The maximum Gasteiger partial charge on any atom is 0.259 e. The van der Waals surface area contributed by atoms with Crippen molar-refractivity contribution in [2.45, 2.75) is 0 Å². The van der Waals surface area contributed by atoms with Crippen LogP contribution in [0.1, 0.15) is 15.9 Å². The van der Waals surface area contributed by atoms with Crippen molar-refractivity contribution in [3.05, 3.63) is 65.5 Å². The van der Waals surface area contributed by atoms with Crippen LogP contribution >= 0.6 is 0 Å². The number of carbonyl (C=O) groups is 2. The average Bonchev–Trinajstić information content (AvgIpc) is 3.34. The number of carbonyl (C=O) groups excluding carboxylic acids is 2. The van der Waals surface area contributed by atoms with Gasteiger partial charge in [-0.3, -0.25) is 19.8 Å². The van der Waals surface area contributed by atoms with Gasteiger partial charge in [0.2, 0.25) is 0 Å². The zero-order valence-electron chi connectivity index (χ0n) is 14.0. The second-order valence-corrected chi connectivity index (χ2v) is 5.59. The number of nitrogens with one attached hydrogen (secondary N) is 2. The monoisotopic (exact) mass is 358 g/mol. The van der Waals surface area contributed by atoms with Crippen LogP contribution in [0.4, 0.5) is 0 Å². The molecular formula is C19H14N6O2. The van der Waals surface area contributed by atoms with Gasteiger partial charge in [0.1, 0.15) is 17.9 Å². The minimum absolute atomic E-state index is 0.0668. The summed E-state index contributed by atoms with van der Waals surface area (Å²) in [5, 5.41) is 23.9. The zero-order valence-corrected chi connectivity index (χ0v) is 14.0. The van der Waals surface area contributed by atoms with Gasteiger partial charge in [-0.2, -0.15) is 15.5 Å². The first-order valence-electron chi connectivity index (χ1n) is 7.84. The maximum atomic E-state index is 10.9. The third-order valence-electron chi connectivity index (χ3n) is 3.76. The van der Waals surface area contributed by atoms with Crippen molar-refractivity contribution in [2.24, 2.45) is 5.73 Å². The molecule has 0 saturated carbocycles. The van der Waals surface area contributed by atoms with Gasteiger partial charge in [0.25, 0.3) is 5.91 Å². The number of hydrogen-bond acceptors (Lipinski definition) is 5. The highest BCUT2D eigenvalue weighted by atomic mass is 16.1. The quantitative estimate of drug-likeness (QED) is 0.293. The SMILES string of the molecule is N#C/C(=C\c1ccc2[nH]ncc2c1)C(N)=O.O=Cc1ccc2[nH]ncc2c1. The number of nitrogens with two attached hydrogens (primary N) is 1. The summed E-state index contributed by atoms with van der Waals surface area (Å²) in [6, 6.07) is 12.6. The lowest BCUT2D eigenvalue weighted by Crippen LogP contribution is -2.12. The van der Waals surface area contributed by atoms with Gasteiger partial charge < -0.3 is 5.73 Å². The summed E-state index contributed by atoms with van der Waals surface area (Å²) in [6.07, 6.45) is 5.65. The highest BCUT2D eigenvalue weighted by Crippen LogP contribution is 2.15. The van der Waals surface area contributed by atoms with Crippen molar-refractivity contribution in [1.82, 2.24) is 20.4 Å². The minimum Gasteiger partial charge on any atom is -0.365 e. The Hall–Kier alpha value is -4.25. The maximum absolute atomic E-state index is 10.9. The Morgan fingerprint density at radius 1 is 1.00 bits per heavy atom. The van der Waals surface area contributed by atoms with E-state index in [9.17, 15) is 9.59 Å². The number of aromatic nitrogens is 4. The molecule has 4 aromatic rings. The number of aldehydes is 1. The third-order valence-corrected chi connectivity index (χ3v) is 3.76. The van der Waals surface area contributed by atoms with E-state index in [1.807, 2.05) is 18.2 Å². The molecule has 1 amide bonds. The number of H-pyrrole nitrogens is 2. The highest BCUT2D eigenvalue weighted by molar-refractivity contribution is 6.01. The summed E-state index contributed by atoms with van der Waals surface area (Å²) in [5.74, 6) is -0.727. The Morgan fingerprint density at radius 2 is 1.56 bits per heavy atom. The number of hydrogen-bond donors (Lipinski definition) is 3. The first-order chi connectivity index (χ1) is 13.1. The van der Waals surface area contributed by atoms with Crippen molar-refractivity contribution in [2.75, 3.05) is 0 Å². The van der Waals surface area contributed by atoms with Crippen LogP contribution in [0.2, 0.25) is 0 Å². The molecule has 27 heavy (non-hydrogen) atoms. The molecule has 2 aromatic heterocycles. The number of aromatic amines is 2. The van der Waals surface area contributed by atoms with Crippen LogP contribution in [0.15, 0.2) is 54.4 Å². The molecule has 132 valence electrons. The summed E-state index contributed by atoms with van der Waals surface area (Å²) in [4.78, 5) is 21.2. The molecule has 0 aliphatic heterocycles. The largest absolute Gasteiger partial charge is 0.365 e. The highest BCUT2D eigenvalue weighted by Gasteiger charge is 2.03. The predicted molar refractivity (Wildman–Crippen MR) is 100 cm³/mol. The molecule has 0 spiro atoms. The molecule has 0 radical (unpaired) electrons.